The van der Waals surface area contributed by atoms with Crippen LogP contribution in [-0.4, -0.2) is 96.1 Å². The molecule has 0 bridgehead atoms. The third-order valence-electron chi connectivity index (χ3n) is 10.7. The molecule has 4 aromatic rings. The largest absolute Gasteiger partial charge is 0.464 e. The number of ether oxygens (including phenoxy) is 2. The number of hydrogen-bond acceptors (Lipinski definition) is 10. The molecule has 0 spiro atoms. The van der Waals surface area contributed by atoms with Gasteiger partial charge in [-0.2, -0.15) is 0 Å². The van der Waals surface area contributed by atoms with E-state index in [1.807, 2.05) is 61.3 Å². The van der Waals surface area contributed by atoms with Gasteiger partial charge >= 0.3 is 13.5 Å². The number of carbonyl (C=O) groups is 4. The molecule has 13 nitrogen and oxygen atoms in total. The maximum absolute atomic E-state index is 14.6. The molecular weight excluding hydrogens is 766 g/mol. The van der Waals surface area contributed by atoms with Gasteiger partial charge in [0.25, 0.3) is 5.91 Å². The molecule has 3 amide bonds. The predicted molar refractivity (Wildman–Crippen MR) is 217 cm³/mol. The van der Waals surface area contributed by atoms with Crippen LogP contribution in [0.2, 0.25) is 0 Å². The van der Waals surface area contributed by atoms with Crippen molar-refractivity contribution in [3.8, 4) is 5.75 Å². The third-order valence-corrected chi connectivity index (χ3v) is 13.9. The smallest absolute Gasteiger partial charge is 0.326 e. The molecule has 3 aliphatic heterocycles. The van der Waals surface area contributed by atoms with Crippen molar-refractivity contribution < 1.29 is 37.7 Å². The number of methoxy groups -OCH3 is 1. The first-order valence-electron chi connectivity index (χ1n) is 19.6. The second-order valence-corrected chi connectivity index (χ2v) is 18.7. The van der Waals surface area contributed by atoms with Crippen LogP contribution in [0.5, 0.6) is 5.75 Å². The van der Waals surface area contributed by atoms with Gasteiger partial charge in [-0.15, -0.1) is 11.3 Å². The highest BCUT2D eigenvalue weighted by atomic mass is 32.1. The predicted octanol–water partition coefficient (Wildman–Crippen LogP) is 6.14. The van der Waals surface area contributed by atoms with Crippen LogP contribution in [0, 0.1) is 5.92 Å². The van der Waals surface area contributed by atoms with E-state index in [-0.39, 0.29) is 55.0 Å². The lowest BCUT2D eigenvalue weighted by atomic mass is 9.92. The number of benzene rings is 2. The number of hydrogen-bond donors (Lipinski definition) is 2. The van der Waals surface area contributed by atoms with E-state index < -0.39 is 31.6 Å². The first-order chi connectivity index (χ1) is 27.5. The Labute approximate surface area is 337 Å². The molecule has 0 saturated carbocycles. The number of nitrogens with one attached hydrogen (secondary N) is 2. The fourth-order valence-electron chi connectivity index (χ4n) is 7.88. The number of pyridine rings is 1. The average Bonchev–Trinajstić information content (AvgIpc) is 3.77. The van der Waals surface area contributed by atoms with Crippen molar-refractivity contribution in [2.75, 3.05) is 33.4 Å². The van der Waals surface area contributed by atoms with Crippen molar-refractivity contribution in [3.05, 3.63) is 95.1 Å². The van der Waals surface area contributed by atoms with Crippen LogP contribution in [-0.2, 0) is 34.6 Å². The number of rotatable bonds is 15. The van der Waals surface area contributed by atoms with Crippen molar-refractivity contribution in [1.29, 1.82) is 0 Å². The van der Waals surface area contributed by atoms with Crippen LogP contribution in [0.3, 0.4) is 0 Å². The summed E-state index contributed by atoms with van der Waals surface area (Å²) in [5.41, 5.74) is 1.77. The lowest BCUT2D eigenvalue weighted by Crippen LogP contribution is -2.58. The van der Waals surface area contributed by atoms with E-state index in [4.69, 9.17) is 14.0 Å². The highest BCUT2D eigenvalue weighted by molar-refractivity contribution is 7.56. The Hall–Kier alpha value is -4.62. The molecule has 3 fully saturated rings. The van der Waals surface area contributed by atoms with Gasteiger partial charge in [0.15, 0.2) is 0 Å². The Bertz CT molecular complexity index is 2110. The summed E-state index contributed by atoms with van der Waals surface area (Å²) >= 11 is 1.30. The molecule has 5 atom stereocenters. The number of esters is 1. The fourth-order valence-corrected chi connectivity index (χ4v) is 10.8. The molecule has 5 heterocycles. The number of likely N-dealkylation sites (tertiary alicyclic amines) is 1. The number of amides is 3. The van der Waals surface area contributed by atoms with Crippen molar-refractivity contribution in [3.63, 3.8) is 0 Å². The standard InChI is InChI=1S/C42H50N5O8PS/c1-27(2)24-54-42(51)35(25-53-3)45-56(52,55-33-11-5-4-6-12-33)26-28-14-17-37-30(19-28)20-38(57-37)39(48)44-34-13-7-10-32-15-16-36(47(32)40(34)49)41(50)46-22-31(23-46)29-9-8-18-43-21-29/h4-6,8-9,11-12,14,17-21,27,31-32,34-36H,7,10,13,15-16,22-26H2,1-3H3,(H,44,48)(H,45,52)/t32-,34-,35-,36-,56?/m0/s1. The van der Waals surface area contributed by atoms with E-state index in [1.165, 1.54) is 18.4 Å². The summed E-state index contributed by atoms with van der Waals surface area (Å²) in [6.07, 6.45) is 6.97. The Kier molecular flexibility index (Phi) is 12.7. The van der Waals surface area contributed by atoms with Gasteiger partial charge in [-0.1, -0.05) is 44.2 Å². The number of nitrogens with zero attached hydrogens (tertiary/aromatic N) is 3. The molecule has 57 heavy (non-hydrogen) atoms. The Balaban J connectivity index is 1.03. The van der Waals surface area contributed by atoms with E-state index in [2.05, 4.69) is 15.4 Å². The van der Waals surface area contributed by atoms with Gasteiger partial charge in [0, 0.05) is 49.3 Å². The summed E-state index contributed by atoms with van der Waals surface area (Å²) in [5, 5.41) is 6.70. The molecule has 2 aromatic carbocycles. The quantitative estimate of drug-likeness (QED) is 0.106. The fraction of sp³-hybridized carbons (Fsp3) is 0.452. The zero-order valence-electron chi connectivity index (χ0n) is 32.5. The van der Waals surface area contributed by atoms with E-state index >= 15 is 0 Å². The van der Waals surface area contributed by atoms with Crippen LogP contribution in [0.4, 0.5) is 0 Å². The molecule has 302 valence electrons. The van der Waals surface area contributed by atoms with Crippen molar-refractivity contribution in [2.24, 2.45) is 5.92 Å². The Morgan fingerprint density at radius 3 is 2.53 bits per heavy atom. The van der Waals surface area contributed by atoms with Gasteiger partial charge in [-0.25, -0.2) is 5.09 Å². The lowest BCUT2D eigenvalue weighted by molar-refractivity contribution is -0.148. The lowest BCUT2D eigenvalue weighted by Gasteiger charge is -2.42. The van der Waals surface area contributed by atoms with Crippen LogP contribution in [0.25, 0.3) is 10.1 Å². The first-order valence-corrected chi connectivity index (χ1v) is 22.2. The summed E-state index contributed by atoms with van der Waals surface area (Å²) in [7, 11) is -2.35. The van der Waals surface area contributed by atoms with Crippen LogP contribution >= 0.6 is 18.9 Å². The van der Waals surface area contributed by atoms with E-state index in [1.54, 1.807) is 41.4 Å². The second kappa shape index (κ2) is 17.9. The normalized spacial score (nSPS) is 21.3. The van der Waals surface area contributed by atoms with Crippen LogP contribution in [0.15, 0.2) is 79.1 Å². The van der Waals surface area contributed by atoms with Crippen LogP contribution < -0.4 is 14.9 Å². The zero-order valence-corrected chi connectivity index (χ0v) is 34.2. The summed E-state index contributed by atoms with van der Waals surface area (Å²) in [6, 6.07) is 17.6. The van der Waals surface area contributed by atoms with E-state index in [9.17, 15) is 23.7 Å². The Morgan fingerprint density at radius 2 is 1.79 bits per heavy atom. The van der Waals surface area contributed by atoms with Gasteiger partial charge in [-0.05, 0) is 90.9 Å². The third kappa shape index (κ3) is 9.58. The summed E-state index contributed by atoms with van der Waals surface area (Å²) < 4.78 is 32.2. The summed E-state index contributed by atoms with van der Waals surface area (Å²) in [5.74, 6) is -0.443. The number of para-hydroxylation sites is 1. The number of aromatic nitrogens is 1. The molecule has 15 heteroatoms. The summed E-state index contributed by atoms with van der Waals surface area (Å²) in [4.78, 5) is 62.8. The number of thiophene rings is 1. The molecule has 7 rings (SSSR count). The maximum Gasteiger partial charge on any atom is 0.326 e. The van der Waals surface area contributed by atoms with E-state index in [0.29, 0.717) is 42.1 Å². The highest BCUT2D eigenvalue weighted by Crippen LogP contribution is 2.47. The van der Waals surface area contributed by atoms with Gasteiger partial charge in [0.05, 0.1) is 24.3 Å². The summed E-state index contributed by atoms with van der Waals surface area (Å²) in [6.45, 7) is 5.20. The Morgan fingerprint density at radius 1 is 0.982 bits per heavy atom. The molecule has 0 aliphatic carbocycles. The second-order valence-electron chi connectivity index (χ2n) is 15.6. The monoisotopic (exact) mass is 815 g/mol. The number of carbonyl (C=O) groups excluding carboxylic acids is 4. The maximum atomic E-state index is 14.6. The van der Waals surface area contributed by atoms with Gasteiger partial charge in [0.2, 0.25) is 11.8 Å². The van der Waals surface area contributed by atoms with Gasteiger partial charge in [0.1, 0.15) is 23.9 Å². The minimum atomic E-state index is -3.80. The minimum Gasteiger partial charge on any atom is -0.464 e. The van der Waals surface area contributed by atoms with E-state index in [0.717, 1.165) is 34.9 Å². The average molecular weight is 816 g/mol. The first kappa shape index (κ1) is 40.6. The molecule has 3 saturated heterocycles. The topological polar surface area (TPSA) is 156 Å². The van der Waals surface area contributed by atoms with Crippen molar-refractivity contribution >= 4 is 52.6 Å². The number of fused-ring (bicyclic) bond motifs is 2. The molecule has 3 aliphatic rings. The van der Waals surface area contributed by atoms with Crippen LogP contribution in [0.1, 0.15) is 72.7 Å². The SMILES string of the molecule is COC[C@H](NP(=O)(Cc1ccc2sc(C(=O)N[C@H]3CCC[C@H]4CC[C@@H](C(=O)N5CC(c6cccnc6)C5)N4C3=O)cc2c1)Oc1ccccc1)C(=O)OCC(C)C. The molecule has 2 aromatic heterocycles. The molecule has 0 radical (unpaired) electrons. The van der Waals surface area contributed by atoms with Crippen molar-refractivity contribution in [1.82, 2.24) is 25.2 Å². The zero-order chi connectivity index (χ0) is 40.1. The van der Waals surface area contributed by atoms with Gasteiger partial charge < -0.3 is 29.1 Å². The molecule has 1 unspecified atom stereocenters. The van der Waals surface area contributed by atoms with Gasteiger partial charge in [-0.3, -0.25) is 28.7 Å². The molecular formula is C42H50N5O8PS. The molecule has 2 N–H and O–H groups in total. The highest BCUT2D eigenvalue weighted by Gasteiger charge is 2.47. The minimum absolute atomic E-state index is 0.0155. The van der Waals surface area contributed by atoms with Crippen molar-refractivity contribution in [2.45, 2.75) is 82.2 Å².